The molecule has 0 saturated carbocycles. The Bertz CT molecular complexity index is 444. The van der Waals surface area contributed by atoms with Crippen LogP contribution in [0.4, 0.5) is 10.2 Å². The third kappa shape index (κ3) is 2.41. The van der Waals surface area contributed by atoms with Crippen molar-refractivity contribution in [3.63, 3.8) is 0 Å². The minimum absolute atomic E-state index is 0.263. The summed E-state index contributed by atoms with van der Waals surface area (Å²) in [5.41, 5.74) is 0.852. The van der Waals surface area contributed by atoms with Crippen LogP contribution in [0.15, 0.2) is 18.5 Å². The normalized spacial score (nSPS) is 10.3. The van der Waals surface area contributed by atoms with E-state index in [1.807, 2.05) is 0 Å². The Morgan fingerprint density at radius 1 is 1.53 bits per heavy atom. The first-order valence-electron chi connectivity index (χ1n) is 4.16. The Labute approximate surface area is 89.7 Å². The van der Waals surface area contributed by atoms with E-state index in [0.717, 1.165) is 5.69 Å². The lowest BCUT2D eigenvalue weighted by Gasteiger charge is -2.04. The zero-order chi connectivity index (χ0) is 10.7. The molecule has 0 fully saturated rings. The second-order valence-corrected chi connectivity index (χ2v) is 3.18. The summed E-state index contributed by atoms with van der Waals surface area (Å²) in [5, 5.41) is 9.65. The maximum atomic E-state index is 12.7. The number of hydrogen-bond acceptors (Lipinski definition) is 4. The van der Waals surface area contributed by atoms with E-state index in [1.165, 1.54) is 6.20 Å². The Balaban J connectivity index is 2.07. The highest BCUT2D eigenvalue weighted by Gasteiger charge is 2.04. The fraction of sp³-hybridized carbons (Fsp3) is 0.125. The van der Waals surface area contributed by atoms with Crippen molar-refractivity contribution in [1.82, 2.24) is 20.2 Å². The van der Waals surface area contributed by atoms with Gasteiger partial charge in [-0.05, 0) is 6.07 Å². The summed E-state index contributed by atoms with van der Waals surface area (Å²) in [4.78, 5) is 6.83. The molecule has 78 valence electrons. The van der Waals surface area contributed by atoms with Crippen LogP contribution in [0.5, 0.6) is 0 Å². The van der Waals surface area contributed by atoms with Gasteiger partial charge in [-0.3, -0.25) is 5.10 Å². The third-order valence-electron chi connectivity index (χ3n) is 1.72. The standard InChI is InChI=1S/C8H7ClFN5/c9-6-4-12-8(10)14-7(6)11-3-5-1-2-13-15-5/h1-2,4H,3H2,(H,13,15)(H,11,12,14). The molecule has 0 aliphatic rings. The van der Waals surface area contributed by atoms with Gasteiger partial charge < -0.3 is 5.32 Å². The first-order chi connectivity index (χ1) is 7.25. The molecule has 0 saturated heterocycles. The monoisotopic (exact) mass is 227 g/mol. The van der Waals surface area contributed by atoms with E-state index in [0.29, 0.717) is 6.54 Å². The average Bonchev–Trinajstić information content (AvgIpc) is 2.72. The van der Waals surface area contributed by atoms with Crippen molar-refractivity contribution in [2.24, 2.45) is 0 Å². The smallest absolute Gasteiger partial charge is 0.310 e. The van der Waals surface area contributed by atoms with Crippen molar-refractivity contribution in [1.29, 1.82) is 0 Å². The van der Waals surface area contributed by atoms with Crippen molar-refractivity contribution in [3.8, 4) is 0 Å². The molecule has 0 unspecified atom stereocenters. The minimum Gasteiger partial charge on any atom is -0.363 e. The van der Waals surface area contributed by atoms with E-state index < -0.39 is 6.08 Å². The minimum atomic E-state index is -0.813. The Morgan fingerprint density at radius 3 is 3.13 bits per heavy atom. The van der Waals surface area contributed by atoms with Crippen molar-refractivity contribution < 1.29 is 4.39 Å². The van der Waals surface area contributed by atoms with Crippen molar-refractivity contribution in [2.75, 3.05) is 5.32 Å². The SMILES string of the molecule is Fc1ncc(Cl)c(NCc2ccn[nH]2)n1. The fourth-order valence-corrected chi connectivity index (χ4v) is 1.19. The van der Waals surface area contributed by atoms with Crippen LogP contribution >= 0.6 is 11.6 Å². The molecule has 7 heteroatoms. The van der Waals surface area contributed by atoms with E-state index in [-0.39, 0.29) is 10.8 Å². The number of nitrogens with zero attached hydrogens (tertiary/aromatic N) is 3. The summed E-state index contributed by atoms with van der Waals surface area (Å²) in [6.07, 6.45) is 2.02. The molecular weight excluding hydrogens is 221 g/mol. The summed E-state index contributed by atoms with van der Waals surface area (Å²) in [6.45, 7) is 0.441. The summed E-state index contributed by atoms with van der Waals surface area (Å²) in [7, 11) is 0. The van der Waals surface area contributed by atoms with Crippen LogP contribution < -0.4 is 5.32 Å². The summed E-state index contributed by atoms with van der Waals surface area (Å²) < 4.78 is 12.7. The average molecular weight is 228 g/mol. The number of hydrogen-bond donors (Lipinski definition) is 2. The van der Waals surface area contributed by atoms with Crippen LogP contribution in [0.25, 0.3) is 0 Å². The topological polar surface area (TPSA) is 66.5 Å². The first-order valence-corrected chi connectivity index (χ1v) is 4.53. The lowest BCUT2D eigenvalue weighted by molar-refractivity contribution is 0.540. The van der Waals surface area contributed by atoms with Gasteiger partial charge in [0.15, 0.2) is 5.82 Å². The summed E-state index contributed by atoms with van der Waals surface area (Å²) >= 11 is 5.76. The number of aromatic amines is 1. The number of aromatic nitrogens is 4. The zero-order valence-electron chi connectivity index (χ0n) is 7.54. The third-order valence-corrected chi connectivity index (χ3v) is 2.00. The van der Waals surface area contributed by atoms with Gasteiger partial charge in [-0.15, -0.1) is 0 Å². The maximum absolute atomic E-state index is 12.7. The van der Waals surface area contributed by atoms with Gasteiger partial charge in [0.1, 0.15) is 5.02 Å². The number of halogens is 2. The molecule has 2 rings (SSSR count). The van der Waals surface area contributed by atoms with Crippen molar-refractivity contribution in [3.05, 3.63) is 35.3 Å². The van der Waals surface area contributed by atoms with Gasteiger partial charge in [0.25, 0.3) is 0 Å². The van der Waals surface area contributed by atoms with Crippen LogP contribution in [0.3, 0.4) is 0 Å². The molecule has 0 bridgehead atoms. The van der Waals surface area contributed by atoms with Crippen LogP contribution in [0.2, 0.25) is 5.02 Å². The van der Waals surface area contributed by atoms with Gasteiger partial charge in [0, 0.05) is 6.20 Å². The van der Waals surface area contributed by atoms with E-state index in [2.05, 4.69) is 25.5 Å². The Hall–Kier alpha value is -1.69. The van der Waals surface area contributed by atoms with Crippen LogP contribution in [0.1, 0.15) is 5.69 Å². The number of anilines is 1. The lowest BCUT2D eigenvalue weighted by Crippen LogP contribution is -2.04. The van der Waals surface area contributed by atoms with Gasteiger partial charge in [-0.25, -0.2) is 4.98 Å². The molecule has 0 aromatic carbocycles. The highest BCUT2D eigenvalue weighted by molar-refractivity contribution is 6.32. The highest BCUT2D eigenvalue weighted by atomic mass is 35.5. The van der Waals surface area contributed by atoms with E-state index >= 15 is 0 Å². The maximum Gasteiger partial charge on any atom is 0.310 e. The predicted octanol–water partition coefficient (Wildman–Crippen LogP) is 1.60. The predicted molar refractivity (Wildman–Crippen MR) is 52.9 cm³/mol. The van der Waals surface area contributed by atoms with E-state index in [4.69, 9.17) is 11.6 Å². The lowest BCUT2D eigenvalue weighted by atomic mass is 10.4. The molecule has 0 amide bonds. The van der Waals surface area contributed by atoms with Gasteiger partial charge in [-0.1, -0.05) is 11.6 Å². The largest absolute Gasteiger partial charge is 0.363 e. The molecule has 0 aliphatic carbocycles. The van der Waals surface area contributed by atoms with Gasteiger partial charge >= 0.3 is 6.08 Å². The zero-order valence-corrected chi connectivity index (χ0v) is 8.29. The Kier molecular flexibility index (Phi) is 2.77. The quantitative estimate of drug-likeness (QED) is 0.782. The highest BCUT2D eigenvalue weighted by Crippen LogP contribution is 2.17. The van der Waals surface area contributed by atoms with Crippen LogP contribution in [-0.2, 0) is 6.54 Å². The second kappa shape index (κ2) is 4.22. The van der Waals surface area contributed by atoms with E-state index in [1.54, 1.807) is 12.3 Å². The molecule has 0 aliphatic heterocycles. The van der Waals surface area contributed by atoms with Crippen molar-refractivity contribution >= 4 is 17.4 Å². The van der Waals surface area contributed by atoms with Crippen LogP contribution in [-0.4, -0.2) is 20.2 Å². The van der Waals surface area contributed by atoms with Crippen LogP contribution in [0, 0.1) is 6.08 Å². The molecule has 15 heavy (non-hydrogen) atoms. The molecule has 2 N–H and O–H groups in total. The molecule has 5 nitrogen and oxygen atoms in total. The van der Waals surface area contributed by atoms with E-state index in [9.17, 15) is 4.39 Å². The van der Waals surface area contributed by atoms with Crippen molar-refractivity contribution in [2.45, 2.75) is 6.54 Å². The summed E-state index contributed by atoms with van der Waals surface area (Å²) in [5.74, 6) is 0.263. The molecule has 0 atom stereocenters. The van der Waals surface area contributed by atoms with Gasteiger partial charge in [0.05, 0.1) is 18.4 Å². The number of rotatable bonds is 3. The first kappa shape index (κ1) is 9.85. The van der Waals surface area contributed by atoms with Gasteiger partial charge in [0.2, 0.25) is 0 Å². The Morgan fingerprint density at radius 2 is 2.40 bits per heavy atom. The second-order valence-electron chi connectivity index (χ2n) is 2.77. The fourth-order valence-electron chi connectivity index (χ4n) is 1.03. The van der Waals surface area contributed by atoms with Gasteiger partial charge in [-0.2, -0.15) is 14.5 Å². The molecular formula is C8H7ClFN5. The summed E-state index contributed by atoms with van der Waals surface area (Å²) in [6, 6.07) is 1.79. The number of H-pyrrole nitrogens is 1. The molecule has 2 aromatic rings. The molecule has 0 radical (unpaired) electrons. The molecule has 2 heterocycles. The molecule has 0 spiro atoms. The molecule has 2 aromatic heterocycles. The number of nitrogens with one attached hydrogen (secondary N) is 2.